The molecule has 0 unspecified atom stereocenters. The Morgan fingerprint density at radius 3 is 2.59 bits per heavy atom. The number of carbonyl (C=O) groups is 2. The lowest BCUT2D eigenvalue weighted by atomic mass is 10.1. The molecule has 3 rings (SSSR count). The molecule has 0 atom stereocenters. The fourth-order valence-electron chi connectivity index (χ4n) is 2.77. The average molecular weight is 544 g/mol. The Hall–Kier alpha value is -1.71. The van der Waals surface area contributed by atoms with Crippen molar-refractivity contribution < 1.29 is 19.1 Å². The number of thioether (sulfide) groups is 1. The Kier molecular flexibility index (Phi) is 7.48. The number of nitrogens with zero attached hydrogens (tertiary/aromatic N) is 1. The van der Waals surface area contributed by atoms with Crippen LogP contribution in [0.15, 0.2) is 41.3 Å². The van der Waals surface area contributed by atoms with Crippen molar-refractivity contribution in [3.05, 3.63) is 61.0 Å². The van der Waals surface area contributed by atoms with Gasteiger partial charge < -0.3 is 9.47 Å². The number of benzene rings is 2. The van der Waals surface area contributed by atoms with Gasteiger partial charge in [-0.1, -0.05) is 30.7 Å². The van der Waals surface area contributed by atoms with Crippen molar-refractivity contribution in [3.63, 3.8) is 0 Å². The van der Waals surface area contributed by atoms with E-state index in [1.165, 1.54) is 4.90 Å². The number of methoxy groups -OCH3 is 1. The number of hydrogen-bond acceptors (Lipinski definition) is 5. The number of rotatable bonds is 7. The summed E-state index contributed by atoms with van der Waals surface area (Å²) in [6, 6.07) is 11.1. The number of amides is 2. The van der Waals surface area contributed by atoms with E-state index in [-0.39, 0.29) is 11.1 Å². The number of imide groups is 1. The zero-order chi connectivity index (χ0) is 21.0. The van der Waals surface area contributed by atoms with E-state index in [1.54, 1.807) is 19.3 Å². The summed E-state index contributed by atoms with van der Waals surface area (Å²) in [5, 5.41) is 0.446. The van der Waals surface area contributed by atoms with Crippen LogP contribution in [0.1, 0.15) is 24.5 Å². The van der Waals surface area contributed by atoms with Gasteiger partial charge in [0, 0.05) is 11.6 Å². The Bertz CT molecular complexity index is 962. The molecule has 0 aliphatic carbocycles. The average Bonchev–Trinajstić information content (AvgIpc) is 2.96. The van der Waals surface area contributed by atoms with Gasteiger partial charge in [0.05, 0.1) is 15.6 Å². The highest BCUT2D eigenvalue weighted by atomic mass is 127. The van der Waals surface area contributed by atoms with E-state index in [2.05, 4.69) is 22.6 Å². The van der Waals surface area contributed by atoms with E-state index in [0.717, 1.165) is 32.9 Å². The van der Waals surface area contributed by atoms with Gasteiger partial charge in [-0.05, 0) is 82.2 Å². The molecule has 8 heteroatoms. The topological polar surface area (TPSA) is 55.8 Å². The van der Waals surface area contributed by atoms with Crippen molar-refractivity contribution in [1.82, 2.24) is 4.90 Å². The second-order valence-electron chi connectivity index (χ2n) is 6.28. The van der Waals surface area contributed by atoms with Crippen LogP contribution < -0.4 is 9.47 Å². The molecule has 1 saturated heterocycles. The second-order valence-corrected chi connectivity index (χ2v) is 8.87. The second kappa shape index (κ2) is 9.86. The Labute approximate surface area is 192 Å². The van der Waals surface area contributed by atoms with Gasteiger partial charge >= 0.3 is 0 Å². The molecule has 2 aromatic carbocycles. The van der Waals surface area contributed by atoms with Crippen LogP contribution in [0.5, 0.6) is 11.5 Å². The molecule has 1 aliphatic rings. The summed E-state index contributed by atoms with van der Waals surface area (Å²) in [6.07, 6.45) is 2.45. The molecule has 1 aliphatic heterocycles. The van der Waals surface area contributed by atoms with Crippen molar-refractivity contribution >= 4 is 63.2 Å². The summed E-state index contributed by atoms with van der Waals surface area (Å²) in [7, 11) is 1.57. The normalized spacial score (nSPS) is 15.3. The summed E-state index contributed by atoms with van der Waals surface area (Å²) in [5.74, 6) is 0.933. The van der Waals surface area contributed by atoms with E-state index in [4.69, 9.17) is 21.1 Å². The van der Waals surface area contributed by atoms with E-state index >= 15 is 0 Å². The molecule has 5 nitrogen and oxygen atoms in total. The summed E-state index contributed by atoms with van der Waals surface area (Å²) >= 11 is 9.05. The van der Waals surface area contributed by atoms with Gasteiger partial charge in [0.25, 0.3) is 11.1 Å². The first-order chi connectivity index (χ1) is 13.9. The molecule has 0 spiro atoms. The zero-order valence-electron chi connectivity index (χ0n) is 15.9. The molecule has 1 fully saturated rings. The van der Waals surface area contributed by atoms with Crippen molar-refractivity contribution in [2.45, 2.75) is 20.0 Å². The van der Waals surface area contributed by atoms with Crippen LogP contribution in [0.25, 0.3) is 6.08 Å². The molecule has 0 bridgehead atoms. The highest BCUT2D eigenvalue weighted by molar-refractivity contribution is 14.1. The van der Waals surface area contributed by atoms with Gasteiger partial charge in [0.1, 0.15) is 6.61 Å². The van der Waals surface area contributed by atoms with E-state index in [9.17, 15) is 9.59 Å². The molecular formula is C21H19ClINO4S. The highest BCUT2D eigenvalue weighted by Gasteiger charge is 2.34. The van der Waals surface area contributed by atoms with E-state index in [0.29, 0.717) is 34.6 Å². The number of ether oxygens (including phenoxy) is 2. The minimum atomic E-state index is -0.251. The number of hydrogen-bond donors (Lipinski definition) is 0. The summed E-state index contributed by atoms with van der Waals surface area (Å²) in [6.45, 7) is 2.74. The third kappa shape index (κ3) is 5.26. The SMILES string of the molecule is CCCN1C(=O)S/C(=C\c2cc(I)c(OCc3ccc(Cl)cc3)c(OC)c2)C1=O. The Morgan fingerprint density at radius 1 is 1.21 bits per heavy atom. The van der Waals surface area contributed by atoms with Crippen LogP contribution in [0.3, 0.4) is 0 Å². The first-order valence-electron chi connectivity index (χ1n) is 8.93. The lowest BCUT2D eigenvalue weighted by Gasteiger charge is -2.14. The molecule has 0 saturated carbocycles. The monoisotopic (exact) mass is 543 g/mol. The van der Waals surface area contributed by atoms with Crippen LogP contribution in [0, 0.1) is 3.57 Å². The Morgan fingerprint density at radius 2 is 1.93 bits per heavy atom. The molecule has 152 valence electrons. The predicted molar refractivity (Wildman–Crippen MR) is 124 cm³/mol. The van der Waals surface area contributed by atoms with Crippen LogP contribution >= 0.6 is 46.0 Å². The van der Waals surface area contributed by atoms with Gasteiger partial charge in [-0.15, -0.1) is 0 Å². The molecule has 29 heavy (non-hydrogen) atoms. The summed E-state index contributed by atoms with van der Waals surface area (Å²) in [5.41, 5.74) is 1.76. The van der Waals surface area contributed by atoms with Gasteiger partial charge in [0.15, 0.2) is 11.5 Å². The molecule has 0 aromatic heterocycles. The van der Waals surface area contributed by atoms with Crippen molar-refractivity contribution in [3.8, 4) is 11.5 Å². The molecule has 0 N–H and O–H groups in total. The van der Waals surface area contributed by atoms with Gasteiger partial charge in [-0.25, -0.2) is 0 Å². The number of halogens is 2. The molecule has 0 radical (unpaired) electrons. The first kappa shape index (κ1) is 22.0. The largest absolute Gasteiger partial charge is 0.493 e. The quantitative estimate of drug-likeness (QED) is 0.318. The van der Waals surface area contributed by atoms with E-state index in [1.807, 2.05) is 37.3 Å². The fraction of sp³-hybridized carbons (Fsp3) is 0.238. The zero-order valence-corrected chi connectivity index (χ0v) is 19.6. The maximum atomic E-state index is 12.4. The van der Waals surface area contributed by atoms with Crippen LogP contribution in [-0.4, -0.2) is 29.7 Å². The minimum Gasteiger partial charge on any atom is -0.493 e. The lowest BCUT2D eigenvalue weighted by molar-refractivity contribution is -0.122. The maximum absolute atomic E-state index is 12.4. The van der Waals surface area contributed by atoms with Crippen LogP contribution in [0.2, 0.25) is 5.02 Å². The van der Waals surface area contributed by atoms with Crippen LogP contribution in [0.4, 0.5) is 4.79 Å². The van der Waals surface area contributed by atoms with Crippen LogP contribution in [-0.2, 0) is 11.4 Å². The summed E-state index contributed by atoms with van der Waals surface area (Å²) < 4.78 is 12.3. The summed E-state index contributed by atoms with van der Waals surface area (Å²) in [4.78, 5) is 26.2. The fourth-order valence-corrected chi connectivity index (χ4v) is 4.54. The highest BCUT2D eigenvalue weighted by Crippen LogP contribution is 2.37. The van der Waals surface area contributed by atoms with Gasteiger partial charge in [0.2, 0.25) is 0 Å². The lowest BCUT2D eigenvalue weighted by Crippen LogP contribution is -2.28. The predicted octanol–water partition coefficient (Wildman–Crippen LogP) is 5.98. The van der Waals surface area contributed by atoms with Crippen molar-refractivity contribution in [2.24, 2.45) is 0 Å². The minimum absolute atomic E-state index is 0.229. The third-order valence-corrected chi connectivity index (χ3v) is 6.13. The maximum Gasteiger partial charge on any atom is 0.293 e. The molecule has 2 amide bonds. The third-order valence-electron chi connectivity index (χ3n) is 4.17. The first-order valence-corrected chi connectivity index (χ1v) is 11.2. The van der Waals surface area contributed by atoms with Gasteiger partial charge in [-0.3, -0.25) is 14.5 Å². The Balaban J connectivity index is 1.82. The van der Waals surface area contributed by atoms with Gasteiger partial charge in [-0.2, -0.15) is 0 Å². The van der Waals surface area contributed by atoms with Crippen molar-refractivity contribution in [2.75, 3.05) is 13.7 Å². The standard InChI is InChI=1S/C21H19ClINO4S/c1-3-8-24-20(25)18(29-21(24)26)11-14-9-16(23)19(17(10-14)27-2)28-12-13-4-6-15(22)7-5-13/h4-7,9-11H,3,8,12H2,1-2H3/b18-11-. The smallest absolute Gasteiger partial charge is 0.293 e. The number of carbonyl (C=O) groups excluding carboxylic acids is 2. The van der Waals surface area contributed by atoms with E-state index < -0.39 is 0 Å². The molecule has 1 heterocycles. The van der Waals surface area contributed by atoms with Crippen molar-refractivity contribution in [1.29, 1.82) is 0 Å². The molecular weight excluding hydrogens is 525 g/mol. The molecule has 2 aromatic rings.